The molecule has 0 atom stereocenters. The van der Waals surface area contributed by atoms with Crippen molar-refractivity contribution >= 4 is 23.1 Å². The van der Waals surface area contributed by atoms with Gasteiger partial charge < -0.3 is 10.2 Å². The molecule has 3 rings (SSSR count). The van der Waals surface area contributed by atoms with Gasteiger partial charge in [0.25, 0.3) is 5.91 Å². The fourth-order valence-electron chi connectivity index (χ4n) is 2.44. The average Bonchev–Trinajstić information content (AvgIpc) is 2.59. The van der Waals surface area contributed by atoms with Gasteiger partial charge in [-0.3, -0.25) is 9.69 Å². The zero-order chi connectivity index (χ0) is 16.9. The minimum Gasteiger partial charge on any atom is -0.361 e. The lowest BCUT2D eigenvalue weighted by Crippen LogP contribution is -2.46. The van der Waals surface area contributed by atoms with E-state index in [-0.39, 0.29) is 11.6 Å². The number of carbonyl (C=O) groups excluding carboxylic acids is 1. The number of nitrogens with zero attached hydrogens (tertiary/aromatic N) is 5. The number of amides is 1. The molecule has 1 N–H and O–H groups in total. The van der Waals surface area contributed by atoms with Crippen molar-refractivity contribution < 1.29 is 4.79 Å². The molecule has 1 amide bonds. The van der Waals surface area contributed by atoms with Crippen LogP contribution in [0.25, 0.3) is 0 Å². The number of hydrogen-bond donors (Lipinski definition) is 1. The zero-order valence-electron chi connectivity index (χ0n) is 13.8. The second kappa shape index (κ2) is 7.18. The molecule has 1 aromatic heterocycles. The molecule has 7 heteroatoms. The molecule has 0 saturated carbocycles. The number of benzene rings is 1. The number of hydrogen-bond acceptors (Lipinski definition) is 5. The Hall–Kier alpha value is -2.80. The number of para-hydroxylation sites is 1. The van der Waals surface area contributed by atoms with Gasteiger partial charge in [-0.2, -0.15) is 5.10 Å². The van der Waals surface area contributed by atoms with E-state index in [1.807, 2.05) is 37.4 Å². The lowest BCUT2D eigenvalue weighted by Gasteiger charge is -2.32. The van der Waals surface area contributed by atoms with E-state index in [0.29, 0.717) is 11.4 Å². The van der Waals surface area contributed by atoms with Crippen LogP contribution in [0.2, 0.25) is 0 Å². The second-order valence-corrected chi connectivity index (χ2v) is 5.77. The highest BCUT2D eigenvalue weighted by molar-refractivity contribution is 6.06. The first kappa shape index (κ1) is 16.1. The molecule has 2 heterocycles. The van der Waals surface area contributed by atoms with E-state index in [9.17, 15) is 4.79 Å². The van der Waals surface area contributed by atoms with E-state index in [1.54, 1.807) is 12.3 Å². The summed E-state index contributed by atoms with van der Waals surface area (Å²) in [6.07, 6.45) is 1.55. The molecule has 24 heavy (non-hydrogen) atoms. The van der Waals surface area contributed by atoms with E-state index >= 15 is 0 Å². The van der Waals surface area contributed by atoms with Gasteiger partial charge in [-0.05, 0) is 25.2 Å². The smallest absolute Gasteiger partial charge is 0.278 e. The SMILES string of the molecule is CN1CCN(C)/C(=N\c2ccnnc2C(=O)Nc2ccccc2)C1. The van der Waals surface area contributed by atoms with E-state index in [2.05, 4.69) is 37.4 Å². The number of aliphatic imine (C=N–C) groups is 1. The predicted molar refractivity (Wildman–Crippen MR) is 93.6 cm³/mol. The van der Waals surface area contributed by atoms with Crippen LogP contribution in [0.15, 0.2) is 47.6 Å². The van der Waals surface area contributed by atoms with Crippen LogP contribution in [0.5, 0.6) is 0 Å². The van der Waals surface area contributed by atoms with Gasteiger partial charge in [0.05, 0.1) is 18.4 Å². The molecule has 0 spiro atoms. The van der Waals surface area contributed by atoms with Gasteiger partial charge in [-0.25, -0.2) is 4.99 Å². The van der Waals surface area contributed by atoms with Gasteiger partial charge in [0, 0.05) is 25.8 Å². The largest absolute Gasteiger partial charge is 0.361 e. The maximum absolute atomic E-state index is 12.5. The highest BCUT2D eigenvalue weighted by Crippen LogP contribution is 2.19. The molecule has 0 aliphatic carbocycles. The number of anilines is 1. The summed E-state index contributed by atoms with van der Waals surface area (Å²) in [7, 11) is 4.06. The summed E-state index contributed by atoms with van der Waals surface area (Å²) in [6.45, 7) is 2.63. The highest BCUT2D eigenvalue weighted by Gasteiger charge is 2.19. The van der Waals surface area contributed by atoms with Gasteiger partial charge in [-0.15, -0.1) is 5.10 Å². The Balaban J connectivity index is 1.86. The number of rotatable bonds is 3. The quantitative estimate of drug-likeness (QED) is 0.929. The van der Waals surface area contributed by atoms with Crippen LogP contribution >= 0.6 is 0 Å². The number of likely N-dealkylation sites (N-methyl/N-ethyl adjacent to an activating group) is 2. The van der Waals surface area contributed by atoms with Crippen LogP contribution < -0.4 is 5.32 Å². The maximum Gasteiger partial charge on any atom is 0.278 e. The molecule has 0 bridgehead atoms. The summed E-state index contributed by atoms with van der Waals surface area (Å²) in [6, 6.07) is 11.0. The summed E-state index contributed by atoms with van der Waals surface area (Å²) >= 11 is 0. The van der Waals surface area contributed by atoms with Gasteiger partial charge >= 0.3 is 0 Å². The summed E-state index contributed by atoms with van der Waals surface area (Å²) in [5, 5.41) is 10.6. The van der Waals surface area contributed by atoms with Crippen LogP contribution in [0.4, 0.5) is 11.4 Å². The molecule has 1 aliphatic heterocycles. The van der Waals surface area contributed by atoms with E-state index in [4.69, 9.17) is 0 Å². The van der Waals surface area contributed by atoms with Crippen LogP contribution in [-0.2, 0) is 0 Å². The van der Waals surface area contributed by atoms with Crippen LogP contribution in [0, 0.1) is 0 Å². The first-order chi connectivity index (χ1) is 11.6. The lowest BCUT2D eigenvalue weighted by molar-refractivity contribution is 0.102. The Labute approximate surface area is 141 Å². The van der Waals surface area contributed by atoms with Crippen molar-refractivity contribution in [3.8, 4) is 0 Å². The fraction of sp³-hybridized carbons (Fsp3) is 0.294. The Morgan fingerprint density at radius 3 is 2.75 bits per heavy atom. The zero-order valence-corrected chi connectivity index (χ0v) is 13.8. The molecule has 1 fully saturated rings. The standard InChI is InChI=1S/C17H20N6O/c1-22-10-11-23(2)15(12-22)20-14-8-9-18-21-16(14)17(24)19-13-6-4-3-5-7-13/h3-9H,10-12H2,1-2H3,(H,19,24)/b20-15-. The van der Waals surface area contributed by atoms with Crippen molar-refractivity contribution in [1.29, 1.82) is 0 Å². The Morgan fingerprint density at radius 1 is 1.17 bits per heavy atom. The monoisotopic (exact) mass is 324 g/mol. The first-order valence-corrected chi connectivity index (χ1v) is 7.79. The molecule has 0 radical (unpaired) electrons. The number of nitrogens with one attached hydrogen (secondary N) is 1. The third-order valence-electron chi connectivity index (χ3n) is 3.86. The van der Waals surface area contributed by atoms with Crippen molar-refractivity contribution in [2.24, 2.45) is 4.99 Å². The number of carbonyl (C=O) groups is 1. The average molecular weight is 324 g/mol. The molecule has 2 aromatic rings. The topological polar surface area (TPSA) is 73.7 Å². The van der Waals surface area contributed by atoms with Crippen LogP contribution in [0.3, 0.4) is 0 Å². The lowest BCUT2D eigenvalue weighted by atomic mass is 10.2. The molecule has 0 unspecified atom stereocenters. The van der Waals surface area contributed by atoms with E-state index in [0.717, 1.165) is 25.5 Å². The van der Waals surface area contributed by atoms with Crippen molar-refractivity contribution in [3.63, 3.8) is 0 Å². The molecular formula is C17H20N6O. The minimum absolute atomic E-state index is 0.218. The third kappa shape index (κ3) is 3.75. The molecular weight excluding hydrogens is 304 g/mol. The van der Waals surface area contributed by atoms with Crippen LogP contribution in [0.1, 0.15) is 10.5 Å². The second-order valence-electron chi connectivity index (χ2n) is 5.77. The Kier molecular flexibility index (Phi) is 4.81. The van der Waals surface area contributed by atoms with Gasteiger partial charge in [0.2, 0.25) is 0 Å². The summed E-state index contributed by atoms with van der Waals surface area (Å²) in [5.74, 6) is 0.589. The van der Waals surface area contributed by atoms with Crippen molar-refractivity contribution in [3.05, 3.63) is 48.3 Å². The van der Waals surface area contributed by atoms with Gasteiger partial charge in [0.15, 0.2) is 5.69 Å². The predicted octanol–water partition coefficient (Wildman–Crippen LogP) is 1.64. The Morgan fingerprint density at radius 2 is 1.96 bits per heavy atom. The van der Waals surface area contributed by atoms with Crippen molar-refractivity contribution in [1.82, 2.24) is 20.0 Å². The first-order valence-electron chi connectivity index (χ1n) is 7.79. The third-order valence-corrected chi connectivity index (χ3v) is 3.86. The highest BCUT2D eigenvalue weighted by atomic mass is 16.1. The van der Waals surface area contributed by atoms with Crippen LogP contribution in [-0.4, -0.2) is 65.5 Å². The summed E-state index contributed by atoms with van der Waals surface area (Å²) in [4.78, 5) is 21.5. The minimum atomic E-state index is -0.319. The Bertz CT molecular complexity index is 746. The summed E-state index contributed by atoms with van der Waals surface area (Å²) < 4.78 is 0. The molecule has 1 aromatic carbocycles. The van der Waals surface area contributed by atoms with E-state index < -0.39 is 0 Å². The van der Waals surface area contributed by atoms with Gasteiger partial charge in [-0.1, -0.05) is 18.2 Å². The van der Waals surface area contributed by atoms with Crippen molar-refractivity contribution in [2.75, 3.05) is 39.0 Å². The molecule has 124 valence electrons. The molecule has 1 saturated heterocycles. The fourth-order valence-corrected chi connectivity index (χ4v) is 2.44. The molecule has 1 aliphatic rings. The normalized spacial score (nSPS) is 17.1. The summed E-state index contributed by atoms with van der Waals surface area (Å²) in [5.41, 5.74) is 1.45. The maximum atomic E-state index is 12.5. The number of amidine groups is 1. The van der Waals surface area contributed by atoms with Crippen molar-refractivity contribution in [2.45, 2.75) is 0 Å². The van der Waals surface area contributed by atoms with E-state index in [1.165, 1.54) is 0 Å². The van der Waals surface area contributed by atoms with Gasteiger partial charge in [0.1, 0.15) is 5.84 Å². The molecule has 7 nitrogen and oxygen atoms in total. The number of piperazine rings is 1. The number of aromatic nitrogens is 2.